The monoisotopic (exact) mass is 1010 g/mol. The van der Waals surface area contributed by atoms with Crippen LogP contribution in [0.2, 0.25) is 0 Å². The molecular weight excluding hydrogens is 970 g/mol. The van der Waals surface area contributed by atoms with Crippen molar-refractivity contribution in [1.82, 2.24) is 18.3 Å². The molecule has 4 heterocycles. The van der Waals surface area contributed by atoms with Gasteiger partial charge in [0.2, 0.25) is 0 Å². The second-order valence-electron chi connectivity index (χ2n) is 19.7. The van der Waals surface area contributed by atoms with Crippen molar-refractivity contribution in [1.29, 1.82) is 5.26 Å². The lowest BCUT2D eigenvalue weighted by Crippen LogP contribution is -2.04. The number of nitriles is 1. The van der Waals surface area contributed by atoms with Crippen molar-refractivity contribution in [3.8, 4) is 51.1 Å². The molecule has 0 aliphatic rings. The highest BCUT2D eigenvalue weighted by Gasteiger charge is 2.32. The van der Waals surface area contributed by atoms with Crippen LogP contribution in [0.25, 0.3) is 137 Å². The minimum atomic E-state index is -4.63. The number of hydrogen-bond donors (Lipinski definition) is 0. The summed E-state index contributed by atoms with van der Waals surface area (Å²) in [5.74, 6) is 0. The van der Waals surface area contributed by atoms with Gasteiger partial charge >= 0.3 is 6.18 Å². The molecule has 0 aliphatic heterocycles. The molecular formula is C69H39F3N6. The Morgan fingerprint density at radius 2 is 0.821 bits per heavy atom. The van der Waals surface area contributed by atoms with Gasteiger partial charge < -0.3 is 18.3 Å². The minimum absolute atomic E-state index is 0.108. The van der Waals surface area contributed by atoms with E-state index in [0.29, 0.717) is 16.7 Å². The molecule has 11 aromatic carbocycles. The second-order valence-corrected chi connectivity index (χ2v) is 19.7. The number of nitrogens with zero attached hydrogens (tertiary/aromatic N) is 6. The quantitative estimate of drug-likeness (QED) is 0.153. The number of para-hydroxylation sites is 6. The molecule has 0 saturated carbocycles. The Morgan fingerprint density at radius 1 is 0.385 bits per heavy atom. The molecule has 15 aromatic rings. The molecule has 0 spiro atoms. The predicted molar refractivity (Wildman–Crippen MR) is 311 cm³/mol. The maximum Gasteiger partial charge on any atom is 0.415 e. The molecule has 366 valence electrons. The molecule has 4 aromatic heterocycles. The topological polar surface area (TPSA) is 47.9 Å². The smallest absolute Gasteiger partial charge is 0.309 e. The van der Waals surface area contributed by atoms with Crippen LogP contribution >= 0.6 is 0 Å². The second kappa shape index (κ2) is 17.0. The summed E-state index contributed by atoms with van der Waals surface area (Å²) in [4.78, 5) is 3.68. The fourth-order valence-corrected chi connectivity index (χ4v) is 12.4. The molecule has 15 rings (SSSR count). The molecule has 9 heteroatoms. The summed E-state index contributed by atoms with van der Waals surface area (Å²) in [7, 11) is 0. The van der Waals surface area contributed by atoms with E-state index in [4.69, 9.17) is 6.57 Å². The van der Waals surface area contributed by atoms with E-state index in [1.54, 1.807) is 0 Å². The molecule has 0 saturated heterocycles. The number of halogens is 3. The van der Waals surface area contributed by atoms with E-state index in [1.165, 1.54) is 6.07 Å². The van der Waals surface area contributed by atoms with Crippen molar-refractivity contribution in [2.75, 3.05) is 0 Å². The SMILES string of the molecule is [C-]#[N+]c1cc(C(F)(F)F)ccc1-c1ccc(-c2ccc(C#N)cc2-n2c3ccccc3c3c2ccc2c4ccccc4n(-c4ccccc4)c23)c(-n2c3ccccc3c3c2ccc2c4ccccc4n(-c4ccccc4)c23)c1. The molecule has 0 N–H and O–H groups in total. The van der Waals surface area contributed by atoms with Gasteiger partial charge in [-0.2, -0.15) is 18.4 Å². The summed E-state index contributed by atoms with van der Waals surface area (Å²) in [6.07, 6.45) is -4.63. The van der Waals surface area contributed by atoms with Gasteiger partial charge in [-0.25, -0.2) is 4.85 Å². The molecule has 0 fully saturated rings. The summed E-state index contributed by atoms with van der Waals surface area (Å²) in [6, 6.07) is 80.8. The molecule has 0 atom stereocenters. The average Bonchev–Trinajstić information content (AvgIpc) is 4.42. The standard InChI is InChI=1S/C69H39F3N6/c1-74-56-40-44(69(70,71)72)30-33-47(56)43-29-32-51(64(39-43)78-60-27-15-11-23-55(60)66-62(78)37-35-53-49-21-9-13-25-58(49)76(68(53)66)46-18-6-3-7-19-46)50-31-28-42(41-73)38-63(50)77-59-26-14-10-22-54(59)65-61(77)36-34-52-48-20-8-12-24-57(48)75(67(52)65)45-16-4-2-5-17-45/h2-40H. The van der Waals surface area contributed by atoms with Crippen LogP contribution in [0.4, 0.5) is 18.9 Å². The third-order valence-electron chi connectivity index (χ3n) is 15.6. The highest BCUT2D eigenvalue weighted by atomic mass is 19.4. The Morgan fingerprint density at radius 3 is 1.31 bits per heavy atom. The fourth-order valence-electron chi connectivity index (χ4n) is 12.4. The van der Waals surface area contributed by atoms with Crippen molar-refractivity contribution in [2.24, 2.45) is 0 Å². The van der Waals surface area contributed by atoms with Crippen LogP contribution in [-0.2, 0) is 6.18 Å². The molecule has 0 bridgehead atoms. The minimum Gasteiger partial charge on any atom is -0.309 e. The first kappa shape index (κ1) is 44.8. The van der Waals surface area contributed by atoms with Crippen LogP contribution in [0.3, 0.4) is 0 Å². The Hall–Kier alpha value is -10.6. The Bertz CT molecular complexity index is 5100. The summed E-state index contributed by atoms with van der Waals surface area (Å²) in [5, 5.41) is 19.3. The van der Waals surface area contributed by atoms with Crippen molar-refractivity contribution >= 4 is 92.9 Å². The zero-order valence-electron chi connectivity index (χ0n) is 41.3. The normalized spacial score (nSPS) is 12.0. The summed E-state index contributed by atoms with van der Waals surface area (Å²) in [6.45, 7) is 8.18. The maximum atomic E-state index is 14.2. The van der Waals surface area contributed by atoms with Crippen molar-refractivity contribution in [2.45, 2.75) is 6.18 Å². The lowest BCUT2D eigenvalue weighted by molar-refractivity contribution is -0.137. The van der Waals surface area contributed by atoms with Crippen LogP contribution in [0, 0.1) is 17.9 Å². The van der Waals surface area contributed by atoms with E-state index in [2.05, 4.69) is 175 Å². The number of aromatic nitrogens is 4. The molecule has 0 radical (unpaired) electrons. The first-order valence-corrected chi connectivity index (χ1v) is 25.6. The van der Waals surface area contributed by atoms with Crippen LogP contribution in [-0.4, -0.2) is 18.3 Å². The van der Waals surface area contributed by atoms with E-state index >= 15 is 0 Å². The van der Waals surface area contributed by atoms with E-state index in [-0.39, 0.29) is 5.69 Å². The van der Waals surface area contributed by atoms with Gasteiger partial charge in [0.1, 0.15) is 0 Å². The number of fused-ring (bicyclic) bond motifs is 14. The lowest BCUT2D eigenvalue weighted by atomic mass is 9.94. The van der Waals surface area contributed by atoms with Gasteiger partial charge in [0.25, 0.3) is 0 Å². The van der Waals surface area contributed by atoms with Gasteiger partial charge in [0, 0.05) is 71.2 Å². The Labute approximate surface area is 443 Å². The highest BCUT2D eigenvalue weighted by Crippen LogP contribution is 2.48. The van der Waals surface area contributed by atoms with E-state index in [0.717, 1.165) is 133 Å². The van der Waals surface area contributed by atoms with E-state index in [1.807, 2.05) is 72.8 Å². The van der Waals surface area contributed by atoms with Crippen molar-refractivity contribution in [3.05, 3.63) is 259 Å². The van der Waals surface area contributed by atoms with E-state index in [9.17, 15) is 18.4 Å². The molecule has 0 unspecified atom stereocenters. The molecule has 0 amide bonds. The zero-order chi connectivity index (χ0) is 52.4. The Balaban J connectivity index is 1.08. The van der Waals surface area contributed by atoms with Gasteiger partial charge in [0.15, 0.2) is 5.69 Å². The zero-order valence-corrected chi connectivity index (χ0v) is 41.3. The largest absolute Gasteiger partial charge is 0.415 e. The van der Waals surface area contributed by atoms with Crippen LogP contribution < -0.4 is 0 Å². The fraction of sp³-hybridized carbons (Fsp3) is 0.0145. The summed E-state index contributed by atoms with van der Waals surface area (Å²) >= 11 is 0. The van der Waals surface area contributed by atoms with Crippen molar-refractivity contribution in [3.63, 3.8) is 0 Å². The first-order chi connectivity index (χ1) is 38.3. The number of benzene rings is 11. The lowest BCUT2D eigenvalue weighted by Gasteiger charge is -2.20. The van der Waals surface area contributed by atoms with Crippen LogP contribution in [0.1, 0.15) is 11.1 Å². The van der Waals surface area contributed by atoms with Crippen molar-refractivity contribution < 1.29 is 13.2 Å². The maximum absolute atomic E-state index is 14.2. The van der Waals surface area contributed by atoms with Gasteiger partial charge in [-0.05, 0) is 96.1 Å². The summed E-state index contributed by atoms with van der Waals surface area (Å²) in [5.41, 5.74) is 13.5. The molecule has 78 heavy (non-hydrogen) atoms. The molecule has 6 nitrogen and oxygen atoms in total. The third kappa shape index (κ3) is 6.49. The Kier molecular flexibility index (Phi) is 9.75. The van der Waals surface area contributed by atoms with Gasteiger partial charge in [-0.3, -0.25) is 0 Å². The van der Waals surface area contributed by atoms with Gasteiger partial charge in [-0.15, -0.1) is 0 Å². The summed E-state index contributed by atoms with van der Waals surface area (Å²) < 4.78 is 51.9. The first-order valence-electron chi connectivity index (χ1n) is 25.6. The van der Waals surface area contributed by atoms with Gasteiger partial charge in [0.05, 0.1) is 73.7 Å². The number of alkyl halides is 3. The average molecular weight is 1010 g/mol. The molecule has 0 aliphatic carbocycles. The third-order valence-corrected chi connectivity index (χ3v) is 15.6. The number of rotatable bonds is 6. The van der Waals surface area contributed by atoms with E-state index < -0.39 is 11.7 Å². The highest BCUT2D eigenvalue weighted by molar-refractivity contribution is 6.28. The van der Waals surface area contributed by atoms with Crippen LogP contribution in [0.15, 0.2) is 237 Å². The number of hydrogen-bond acceptors (Lipinski definition) is 1. The van der Waals surface area contributed by atoms with Crippen LogP contribution in [0.5, 0.6) is 0 Å². The van der Waals surface area contributed by atoms with Gasteiger partial charge in [-0.1, -0.05) is 152 Å². The predicted octanol–water partition coefficient (Wildman–Crippen LogP) is 18.9.